The van der Waals surface area contributed by atoms with Gasteiger partial charge < -0.3 is 0 Å². The number of allylic oxidation sites excluding steroid dienone is 2. The number of fused-ring (bicyclic) bond motifs is 1. The molecule has 10 heavy (non-hydrogen) atoms. The Morgan fingerprint density at radius 1 is 1.20 bits per heavy atom. The highest BCUT2D eigenvalue weighted by atomic mass is 19.3. The van der Waals surface area contributed by atoms with Crippen LogP contribution in [0.1, 0.15) is 19.3 Å². The van der Waals surface area contributed by atoms with E-state index in [-0.39, 0.29) is 11.8 Å². The fraction of sp³-hybridized carbons (Fsp3) is 0.750. The summed E-state index contributed by atoms with van der Waals surface area (Å²) in [6, 6.07) is 0. The smallest absolute Gasteiger partial charge is 0.206 e. The zero-order chi connectivity index (χ0) is 7.19. The molecule has 0 heterocycles. The molecule has 0 aromatic carbocycles. The van der Waals surface area contributed by atoms with E-state index in [2.05, 4.69) is 0 Å². The minimum Gasteiger partial charge on any atom is -0.206 e. The van der Waals surface area contributed by atoms with Gasteiger partial charge in [-0.2, -0.15) is 0 Å². The third-order valence-electron chi connectivity index (χ3n) is 2.57. The lowest BCUT2D eigenvalue weighted by Gasteiger charge is -1.94. The van der Waals surface area contributed by atoms with Crippen molar-refractivity contribution < 1.29 is 8.78 Å². The van der Waals surface area contributed by atoms with Gasteiger partial charge in [-0.15, -0.1) is 0 Å². The molecule has 0 nitrogen and oxygen atoms in total. The lowest BCUT2D eigenvalue weighted by atomic mass is 10.2. The lowest BCUT2D eigenvalue weighted by Crippen LogP contribution is -1.95. The van der Waals surface area contributed by atoms with Gasteiger partial charge in [0.2, 0.25) is 0 Å². The van der Waals surface area contributed by atoms with E-state index >= 15 is 0 Å². The van der Waals surface area contributed by atoms with Crippen molar-refractivity contribution in [2.24, 2.45) is 11.8 Å². The third kappa shape index (κ3) is 0.710. The molecular weight excluding hydrogens is 134 g/mol. The summed E-state index contributed by atoms with van der Waals surface area (Å²) in [5, 5.41) is 0. The minimum atomic E-state index is -2.31. The summed E-state index contributed by atoms with van der Waals surface area (Å²) in [4.78, 5) is 0. The van der Waals surface area contributed by atoms with Crippen LogP contribution in [0.15, 0.2) is 12.2 Å². The predicted octanol–water partition coefficient (Wildman–Crippen LogP) is 2.61. The van der Waals surface area contributed by atoms with E-state index in [1.165, 1.54) is 0 Å². The Morgan fingerprint density at radius 3 is 2.80 bits per heavy atom. The van der Waals surface area contributed by atoms with Crippen LogP contribution in [0.4, 0.5) is 8.78 Å². The molecule has 0 spiro atoms. The van der Waals surface area contributed by atoms with Gasteiger partial charge in [0.05, 0.1) is 0 Å². The SMILES string of the molecule is FC1(F)C2CC=CCCC21. The van der Waals surface area contributed by atoms with Gasteiger partial charge in [0.15, 0.2) is 0 Å². The zero-order valence-corrected chi connectivity index (χ0v) is 5.69. The van der Waals surface area contributed by atoms with Gasteiger partial charge >= 0.3 is 0 Å². The van der Waals surface area contributed by atoms with Crippen LogP contribution in [0.5, 0.6) is 0 Å². The summed E-state index contributed by atoms with van der Waals surface area (Å²) in [5.74, 6) is -2.92. The van der Waals surface area contributed by atoms with Crippen LogP contribution in [0.2, 0.25) is 0 Å². The van der Waals surface area contributed by atoms with Crippen molar-refractivity contribution in [2.75, 3.05) is 0 Å². The third-order valence-corrected chi connectivity index (χ3v) is 2.57. The Kier molecular flexibility index (Phi) is 1.14. The number of halogens is 2. The first kappa shape index (κ1) is 6.32. The molecule has 0 amide bonds. The molecule has 0 bridgehead atoms. The van der Waals surface area contributed by atoms with Crippen LogP contribution in [-0.2, 0) is 0 Å². The largest absolute Gasteiger partial charge is 0.254 e. The summed E-state index contributed by atoms with van der Waals surface area (Å²) in [6.45, 7) is 0. The topological polar surface area (TPSA) is 0 Å². The van der Waals surface area contributed by atoms with Crippen molar-refractivity contribution in [3.05, 3.63) is 12.2 Å². The molecule has 56 valence electrons. The van der Waals surface area contributed by atoms with Gasteiger partial charge in [-0.1, -0.05) is 12.2 Å². The molecule has 0 radical (unpaired) electrons. The zero-order valence-electron chi connectivity index (χ0n) is 5.69. The van der Waals surface area contributed by atoms with Crippen molar-refractivity contribution >= 4 is 0 Å². The van der Waals surface area contributed by atoms with Crippen LogP contribution in [0.25, 0.3) is 0 Å². The van der Waals surface area contributed by atoms with Crippen LogP contribution in [-0.4, -0.2) is 5.92 Å². The molecule has 2 atom stereocenters. The predicted molar refractivity (Wildman–Crippen MR) is 34.9 cm³/mol. The second kappa shape index (κ2) is 1.80. The summed E-state index contributed by atoms with van der Waals surface area (Å²) in [6.07, 6.45) is 6.04. The fourth-order valence-corrected chi connectivity index (χ4v) is 1.81. The van der Waals surface area contributed by atoms with Gasteiger partial charge in [0.25, 0.3) is 5.92 Å². The Hall–Kier alpha value is -0.400. The van der Waals surface area contributed by atoms with Gasteiger partial charge in [0.1, 0.15) is 0 Å². The molecule has 0 aliphatic heterocycles. The Labute approximate surface area is 58.9 Å². The highest BCUT2D eigenvalue weighted by molar-refractivity contribution is 5.10. The van der Waals surface area contributed by atoms with Crippen molar-refractivity contribution in [3.8, 4) is 0 Å². The molecule has 1 fully saturated rings. The highest BCUT2D eigenvalue weighted by Gasteiger charge is 2.66. The van der Waals surface area contributed by atoms with Crippen molar-refractivity contribution in [3.63, 3.8) is 0 Å². The van der Waals surface area contributed by atoms with Gasteiger partial charge in [0, 0.05) is 11.8 Å². The lowest BCUT2D eigenvalue weighted by molar-refractivity contribution is 0.0827. The number of hydrogen-bond donors (Lipinski definition) is 0. The maximum Gasteiger partial charge on any atom is 0.254 e. The molecule has 2 aliphatic rings. The Balaban J connectivity index is 2.09. The number of alkyl halides is 2. The monoisotopic (exact) mass is 144 g/mol. The van der Waals surface area contributed by atoms with E-state index in [4.69, 9.17) is 0 Å². The van der Waals surface area contributed by atoms with Crippen molar-refractivity contribution in [1.82, 2.24) is 0 Å². The van der Waals surface area contributed by atoms with Crippen LogP contribution >= 0.6 is 0 Å². The van der Waals surface area contributed by atoms with Crippen LogP contribution in [0.3, 0.4) is 0 Å². The first-order chi connectivity index (χ1) is 4.73. The van der Waals surface area contributed by atoms with E-state index in [1.807, 2.05) is 12.2 Å². The molecule has 2 aliphatic carbocycles. The van der Waals surface area contributed by atoms with Crippen molar-refractivity contribution in [2.45, 2.75) is 25.2 Å². The first-order valence-corrected chi connectivity index (χ1v) is 3.75. The highest BCUT2D eigenvalue weighted by Crippen LogP contribution is 2.60. The quantitative estimate of drug-likeness (QED) is 0.458. The average molecular weight is 144 g/mol. The maximum absolute atomic E-state index is 12.6. The molecule has 1 saturated carbocycles. The van der Waals surface area contributed by atoms with Gasteiger partial charge in [-0.05, 0) is 19.3 Å². The summed E-state index contributed by atoms with van der Waals surface area (Å²) in [5.41, 5.74) is 0. The summed E-state index contributed by atoms with van der Waals surface area (Å²) < 4.78 is 25.3. The molecule has 2 heteroatoms. The molecule has 0 aromatic heterocycles. The van der Waals surface area contributed by atoms with E-state index in [1.54, 1.807) is 0 Å². The van der Waals surface area contributed by atoms with E-state index < -0.39 is 5.92 Å². The first-order valence-electron chi connectivity index (χ1n) is 3.75. The second-order valence-electron chi connectivity index (χ2n) is 3.17. The van der Waals surface area contributed by atoms with Crippen LogP contribution in [0, 0.1) is 11.8 Å². The molecule has 0 aromatic rings. The maximum atomic E-state index is 12.6. The normalized spacial score (nSPS) is 42.2. The molecule has 2 rings (SSSR count). The number of rotatable bonds is 0. The van der Waals surface area contributed by atoms with E-state index in [0.29, 0.717) is 12.8 Å². The second-order valence-corrected chi connectivity index (χ2v) is 3.17. The van der Waals surface area contributed by atoms with Gasteiger partial charge in [-0.3, -0.25) is 0 Å². The van der Waals surface area contributed by atoms with Gasteiger partial charge in [-0.25, -0.2) is 8.78 Å². The molecular formula is C8H10F2. The van der Waals surface area contributed by atoms with Crippen LogP contribution < -0.4 is 0 Å². The van der Waals surface area contributed by atoms with E-state index in [0.717, 1.165) is 6.42 Å². The fourth-order valence-electron chi connectivity index (χ4n) is 1.81. The van der Waals surface area contributed by atoms with Crippen molar-refractivity contribution in [1.29, 1.82) is 0 Å². The Bertz CT molecular complexity index is 172. The summed E-state index contributed by atoms with van der Waals surface area (Å²) >= 11 is 0. The number of hydrogen-bond acceptors (Lipinski definition) is 0. The average Bonchev–Trinajstić information content (AvgIpc) is 2.47. The van der Waals surface area contributed by atoms with E-state index in [9.17, 15) is 8.78 Å². The Morgan fingerprint density at radius 2 is 2.00 bits per heavy atom. The minimum absolute atomic E-state index is 0.289. The standard InChI is InChI=1S/C8H10F2/c9-8(10)6-4-2-1-3-5-7(6)8/h1-2,6-7H,3-5H2. The molecule has 2 unspecified atom stereocenters. The summed E-state index contributed by atoms with van der Waals surface area (Å²) in [7, 11) is 0. The molecule has 0 N–H and O–H groups in total. The molecule has 0 saturated heterocycles.